The molecule has 0 saturated carbocycles. The van der Waals surface area contributed by atoms with Crippen LogP contribution in [0.15, 0.2) is 18.2 Å². The Labute approximate surface area is 110 Å². The molecule has 1 aromatic rings. The molecule has 0 aliphatic rings. The van der Waals surface area contributed by atoms with E-state index < -0.39 is 33.0 Å². The number of sulfonamides is 1. The van der Waals surface area contributed by atoms with Crippen molar-refractivity contribution in [3.8, 4) is 0 Å². The van der Waals surface area contributed by atoms with Gasteiger partial charge in [-0.05, 0) is 18.4 Å². The minimum absolute atomic E-state index is 0.319. The Hall–Kier alpha value is -0.660. The van der Waals surface area contributed by atoms with Crippen molar-refractivity contribution >= 4 is 21.8 Å². The van der Waals surface area contributed by atoms with Gasteiger partial charge in [0.1, 0.15) is 11.6 Å². The molecule has 1 rings (SSSR count). The van der Waals surface area contributed by atoms with Crippen molar-refractivity contribution in [1.82, 2.24) is 4.31 Å². The minimum Gasteiger partial charge on any atom is -0.212 e. The third-order valence-electron chi connectivity index (χ3n) is 2.47. The van der Waals surface area contributed by atoms with E-state index in [0.717, 1.165) is 16.4 Å². The summed E-state index contributed by atoms with van der Waals surface area (Å²) < 4.78 is 51.6. The zero-order chi connectivity index (χ0) is 13.8. The first kappa shape index (κ1) is 15.4. The summed E-state index contributed by atoms with van der Waals surface area (Å²) in [5.74, 6) is -1.69. The fourth-order valence-electron chi connectivity index (χ4n) is 1.32. The van der Waals surface area contributed by atoms with Crippen LogP contribution in [0, 0.1) is 11.6 Å². The van der Waals surface area contributed by atoms with E-state index in [0.29, 0.717) is 12.3 Å². The van der Waals surface area contributed by atoms with Crippen molar-refractivity contribution in [2.45, 2.75) is 5.75 Å². The highest BCUT2D eigenvalue weighted by molar-refractivity contribution is 7.98. The highest BCUT2D eigenvalue weighted by atomic mass is 32.2. The summed E-state index contributed by atoms with van der Waals surface area (Å²) in [5, 5.41) is 0. The maximum absolute atomic E-state index is 13.4. The predicted molar refractivity (Wildman–Crippen MR) is 70.0 cm³/mol. The molecule has 0 saturated heterocycles. The molecule has 0 aliphatic heterocycles. The summed E-state index contributed by atoms with van der Waals surface area (Å²) in [6.07, 6.45) is 1.86. The number of halogens is 2. The lowest BCUT2D eigenvalue weighted by Crippen LogP contribution is -2.30. The molecule has 0 fully saturated rings. The van der Waals surface area contributed by atoms with Crippen LogP contribution < -0.4 is 0 Å². The van der Waals surface area contributed by atoms with Gasteiger partial charge in [0.05, 0.1) is 5.75 Å². The van der Waals surface area contributed by atoms with Crippen LogP contribution in [0.5, 0.6) is 0 Å². The summed E-state index contributed by atoms with van der Waals surface area (Å²) in [5.41, 5.74) is -0.409. The van der Waals surface area contributed by atoms with Gasteiger partial charge in [-0.25, -0.2) is 21.5 Å². The van der Waals surface area contributed by atoms with Gasteiger partial charge in [0.2, 0.25) is 10.0 Å². The van der Waals surface area contributed by atoms with Gasteiger partial charge in [-0.2, -0.15) is 11.8 Å². The molecule has 18 heavy (non-hydrogen) atoms. The first-order valence-corrected chi connectivity index (χ1v) is 8.24. The van der Waals surface area contributed by atoms with Crippen LogP contribution in [0.25, 0.3) is 0 Å². The second-order valence-corrected chi connectivity index (χ2v) is 6.83. The molecule has 0 amide bonds. The van der Waals surface area contributed by atoms with Crippen LogP contribution in [0.4, 0.5) is 8.78 Å². The average molecular weight is 295 g/mol. The Bertz CT molecular complexity index is 486. The summed E-state index contributed by atoms with van der Waals surface area (Å²) in [4.78, 5) is 0. The Kier molecular flexibility index (Phi) is 5.55. The lowest BCUT2D eigenvalue weighted by atomic mass is 10.2. The third-order valence-corrected chi connectivity index (χ3v) is 4.85. The summed E-state index contributed by atoms with van der Waals surface area (Å²) in [6.45, 7) is 0.319. The second-order valence-electron chi connectivity index (χ2n) is 3.77. The maximum atomic E-state index is 13.4. The van der Waals surface area contributed by atoms with Crippen molar-refractivity contribution in [2.24, 2.45) is 0 Å². The summed E-state index contributed by atoms with van der Waals surface area (Å²) in [6, 6.07) is 3.31. The first-order chi connectivity index (χ1) is 8.38. The van der Waals surface area contributed by atoms with Gasteiger partial charge in [-0.1, -0.05) is 6.07 Å². The van der Waals surface area contributed by atoms with E-state index in [1.165, 1.54) is 24.9 Å². The van der Waals surface area contributed by atoms with E-state index in [-0.39, 0.29) is 0 Å². The van der Waals surface area contributed by atoms with Crippen LogP contribution in [-0.4, -0.2) is 38.3 Å². The molecule has 0 aromatic heterocycles. The van der Waals surface area contributed by atoms with Gasteiger partial charge in [-0.3, -0.25) is 0 Å². The SMILES string of the molecule is CSCCN(C)S(=O)(=O)Cc1c(F)cccc1F. The highest BCUT2D eigenvalue weighted by Crippen LogP contribution is 2.17. The monoisotopic (exact) mass is 295 g/mol. The number of nitrogens with zero attached hydrogens (tertiary/aromatic N) is 1. The minimum atomic E-state index is -3.69. The van der Waals surface area contributed by atoms with Gasteiger partial charge in [0.15, 0.2) is 0 Å². The normalized spacial score (nSPS) is 12.1. The number of rotatable bonds is 6. The maximum Gasteiger partial charge on any atom is 0.218 e. The molecular weight excluding hydrogens is 280 g/mol. The van der Waals surface area contributed by atoms with Crippen molar-refractivity contribution in [1.29, 1.82) is 0 Å². The molecule has 0 N–H and O–H groups in total. The second kappa shape index (κ2) is 6.49. The van der Waals surface area contributed by atoms with Crippen molar-refractivity contribution in [2.75, 3.05) is 25.6 Å². The van der Waals surface area contributed by atoms with Crippen LogP contribution in [0.3, 0.4) is 0 Å². The lowest BCUT2D eigenvalue weighted by Gasteiger charge is -2.17. The average Bonchev–Trinajstić information content (AvgIpc) is 2.31. The molecule has 0 heterocycles. The Morgan fingerprint density at radius 1 is 1.28 bits per heavy atom. The fourth-order valence-corrected chi connectivity index (χ4v) is 3.12. The summed E-state index contributed by atoms with van der Waals surface area (Å²) in [7, 11) is -2.28. The number of benzene rings is 1. The smallest absolute Gasteiger partial charge is 0.212 e. The van der Waals surface area contributed by atoms with E-state index in [1.807, 2.05) is 6.26 Å². The summed E-state index contributed by atoms with van der Waals surface area (Å²) >= 11 is 1.50. The van der Waals surface area contributed by atoms with Gasteiger partial charge >= 0.3 is 0 Å². The first-order valence-electron chi connectivity index (χ1n) is 5.24. The molecule has 102 valence electrons. The van der Waals surface area contributed by atoms with Crippen molar-refractivity contribution in [3.63, 3.8) is 0 Å². The predicted octanol–water partition coefficient (Wildman–Crippen LogP) is 2.09. The lowest BCUT2D eigenvalue weighted by molar-refractivity contribution is 0.483. The van der Waals surface area contributed by atoms with Crippen LogP contribution >= 0.6 is 11.8 Å². The Morgan fingerprint density at radius 2 is 1.83 bits per heavy atom. The molecule has 0 aliphatic carbocycles. The molecule has 0 atom stereocenters. The quantitative estimate of drug-likeness (QED) is 0.806. The zero-order valence-electron chi connectivity index (χ0n) is 10.2. The zero-order valence-corrected chi connectivity index (χ0v) is 11.8. The van der Waals surface area contributed by atoms with E-state index in [4.69, 9.17) is 0 Å². The number of hydrogen-bond acceptors (Lipinski definition) is 3. The standard InChI is InChI=1S/C11H15F2NO2S2/c1-14(6-7-17-2)18(15,16)8-9-10(12)4-3-5-11(9)13/h3-5H,6-8H2,1-2H3. The third kappa shape index (κ3) is 3.93. The molecular formula is C11H15F2NO2S2. The topological polar surface area (TPSA) is 37.4 Å². The van der Waals surface area contributed by atoms with E-state index in [2.05, 4.69) is 0 Å². The molecule has 0 bridgehead atoms. The van der Waals surface area contributed by atoms with Gasteiger partial charge in [-0.15, -0.1) is 0 Å². The molecule has 0 unspecified atom stereocenters. The van der Waals surface area contributed by atoms with E-state index >= 15 is 0 Å². The number of hydrogen-bond donors (Lipinski definition) is 0. The van der Waals surface area contributed by atoms with Gasteiger partial charge in [0.25, 0.3) is 0 Å². The van der Waals surface area contributed by atoms with E-state index in [9.17, 15) is 17.2 Å². The molecule has 7 heteroatoms. The van der Waals surface area contributed by atoms with Crippen LogP contribution in [0.1, 0.15) is 5.56 Å². The molecule has 0 radical (unpaired) electrons. The Morgan fingerprint density at radius 3 is 2.33 bits per heavy atom. The fraction of sp³-hybridized carbons (Fsp3) is 0.455. The van der Waals surface area contributed by atoms with E-state index in [1.54, 1.807) is 0 Å². The molecule has 0 spiro atoms. The van der Waals surface area contributed by atoms with Gasteiger partial charge in [0, 0.05) is 24.9 Å². The Balaban J connectivity index is 2.89. The van der Waals surface area contributed by atoms with Crippen LogP contribution in [0.2, 0.25) is 0 Å². The highest BCUT2D eigenvalue weighted by Gasteiger charge is 2.22. The molecule has 3 nitrogen and oxygen atoms in total. The number of thioether (sulfide) groups is 1. The van der Waals surface area contributed by atoms with Crippen molar-refractivity contribution in [3.05, 3.63) is 35.4 Å². The largest absolute Gasteiger partial charge is 0.218 e. The van der Waals surface area contributed by atoms with Crippen LogP contribution in [-0.2, 0) is 15.8 Å². The molecule has 1 aromatic carbocycles. The van der Waals surface area contributed by atoms with Crippen molar-refractivity contribution < 1.29 is 17.2 Å². The van der Waals surface area contributed by atoms with Gasteiger partial charge < -0.3 is 0 Å².